The number of benzene rings is 3. The van der Waals surface area contributed by atoms with Crippen LogP contribution in [0, 0.1) is 17.0 Å². The van der Waals surface area contributed by atoms with Crippen LogP contribution in [-0.4, -0.2) is 10.9 Å². The van der Waals surface area contributed by atoms with Crippen LogP contribution < -0.4 is 9.47 Å². The summed E-state index contributed by atoms with van der Waals surface area (Å²) in [4.78, 5) is 22.5. The van der Waals surface area contributed by atoms with Gasteiger partial charge in [-0.2, -0.15) is 0 Å². The molecule has 0 aliphatic rings. The maximum Gasteiger partial charge on any atom is 0.343 e. The Morgan fingerprint density at radius 2 is 1.50 bits per heavy atom. The predicted octanol–water partition coefficient (Wildman–Crippen LogP) is 4.91. The lowest BCUT2D eigenvalue weighted by Gasteiger charge is -2.08. The van der Waals surface area contributed by atoms with Crippen molar-refractivity contribution < 1.29 is 19.2 Å². The second-order valence-electron chi connectivity index (χ2n) is 5.53. The molecular weight excluding hydrogens is 334 g/mol. The monoisotopic (exact) mass is 349 g/mol. The normalized spacial score (nSPS) is 10.2. The van der Waals surface area contributed by atoms with Crippen LogP contribution in [0.3, 0.4) is 0 Å². The smallest absolute Gasteiger partial charge is 0.343 e. The van der Waals surface area contributed by atoms with E-state index < -0.39 is 10.9 Å². The molecule has 0 atom stereocenters. The van der Waals surface area contributed by atoms with Crippen molar-refractivity contribution in [2.45, 2.75) is 6.92 Å². The first-order chi connectivity index (χ1) is 12.5. The molecule has 0 heterocycles. The highest BCUT2D eigenvalue weighted by Crippen LogP contribution is 2.24. The summed E-state index contributed by atoms with van der Waals surface area (Å²) in [5, 5.41) is 10.8. The number of rotatable bonds is 5. The van der Waals surface area contributed by atoms with Crippen molar-refractivity contribution in [2.24, 2.45) is 0 Å². The van der Waals surface area contributed by atoms with Gasteiger partial charge in [-0.25, -0.2) is 4.79 Å². The highest BCUT2D eigenvalue weighted by Gasteiger charge is 2.15. The third kappa shape index (κ3) is 4.05. The van der Waals surface area contributed by atoms with Crippen molar-refractivity contribution >= 4 is 11.7 Å². The van der Waals surface area contributed by atoms with Gasteiger partial charge < -0.3 is 9.47 Å². The molecule has 0 N–H and O–H groups in total. The number of esters is 1. The third-order valence-electron chi connectivity index (χ3n) is 3.64. The molecule has 6 heteroatoms. The lowest BCUT2D eigenvalue weighted by atomic mass is 10.1. The highest BCUT2D eigenvalue weighted by atomic mass is 16.6. The second-order valence-corrected chi connectivity index (χ2v) is 5.53. The number of carbonyl (C=O) groups is 1. The minimum absolute atomic E-state index is 0.0380. The fourth-order valence-electron chi connectivity index (χ4n) is 2.35. The number of ether oxygens (including phenoxy) is 2. The Morgan fingerprint density at radius 3 is 2.12 bits per heavy atom. The zero-order valence-electron chi connectivity index (χ0n) is 13.9. The maximum atomic E-state index is 12.2. The van der Waals surface area contributed by atoms with Crippen LogP contribution in [0.1, 0.15) is 15.9 Å². The van der Waals surface area contributed by atoms with Crippen LogP contribution in [0.15, 0.2) is 72.8 Å². The van der Waals surface area contributed by atoms with Gasteiger partial charge in [0.2, 0.25) is 0 Å². The van der Waals surface area contributed by atoms with Crippen molar-refractivity contribution in [3.63, 3.8) is 0 Å². The Morgan fingerprint density at radius 1 is 0.885 bits per heavy atom. The molecule has 0 unspecified atom stereocenters. The van der Waals surface area contributed by atoms with E-state index in [1.165, 1.54) is 18.2 Å². The van der Waals surface area contributed by atoms with E-state index in [4.69, 9.17) is 9.47 Å². The second kappa shape index (κ2) is 7.48. The van der Waals surface area contributed by atoms with Crippen molar-refractivity contribution in [1.82, 2.24) is 0 Å². The summed E-state index contributed by atoms with van der Waals surface area (Å²) >= 11 is 0. The van der Waals surface area contributed by atoms with E-state index in [0.29, 0.717) is 22.8 Å². The summed E-state index contributed by atoms with van der Waals surface area (Å²) < 4.78 is 11.0. The minimum Gasteiger partial charge on any atom is -0.457 e. The first-order valence-corrected chi connectivity index (χ1v) is 7.83. The molecule has 130 valence electrons. The zero-order chi connectivity index (χ0) is 18.5. The van der Waals surface area contributed by atoms with E-state index in [1.807, 2.05) is 30.3 Å². The molecule has 3 aromatic rings. The number of nitro groups is 1. The van der Waals surface area contributed by atoms with Crippen LogP contribution >= 0.6 is 0 Å². The van der Waals surface area contributed by atoms with Gasteiger partial charge in [0, 0.05) is 11.6 Å². The van der Waals surface area contributed by atoms with Crippen molar-refractivity contribution in [1.29, 1.82) is 0 Å². The number of nitrogens with zero attached hydrogens (tertiary/aromatic N) is 1. The van der Waals surface area contributed by atoms with Gasteiger partial charge in [-0.3, -0.25) is 10.1 Å². The lowest BCUT2D eigenvalue weighted by molar-refractivity contribution is -0.385. The van der Waals surface area contributed by atoms with E-state index in [2.05, 4.69) is 0 Å². The largest absolute Gasteiger partial charge is 0.457 e. The van der Waals surface area contributed by atoms with Crippen LogP contribution in [0.5, 0.6) is 17.2 Å². The number of aryl methyl sites for hydroxylation is 1. The van der Waals surface area contributed by atoms with Gasteiger partial charge in [-0.15, -0.1) is 0 Å². The van der Waals surface area contributed by atoms with Gasteiger partial charge in [-0.05, 0) is 55.5 Å². The standard InChI is InChI=1S/C20H15NO5/c1-14-13-15(7-12-19(14)21(23)24)20(22)26-18-10-8-17(9-11-18)25-16-5-3-2-4-6-16/h2-13H,1H3. The summed E-state index contributed by atoms with van der Waals surface area (Å²) in [6.45, 7) is 1.57. The van der Waals surface area contributed by atoms with E-state index in [1.54, 1.807) is 31.2 Å². The SMILES string of the molecule is Cc1cc(C(=O)Oc2ccc(Oc3ccccc3)cc2)ccc1[N+](=O)[O-]. The Kier molecular flexibility index (Phi) is 4.94. The molecule has 0 aliphatic heterocycles. The van der Waals surface area contributed by atoms with Crippen molar-refractivity contribution in [3.8, 4) is 17.2 Å². The molecule has 0 aromatic heterocycles. The topological polar surface area (TPSA) is 78.7 Å². The van der Waals surface area contributed by atoms with Crippen molar-refractivity contribution in [3.05, 3.63) is 94.0 Å². The average molecular weight is 349 g/mol. The molecule has 0 amide bonds. The number of para-hydroxylation sites is 1. The predicted molar refractivity (Wildman–Crippen MR) is 95.7 cm³/mol. The molecule has 0 fully saturated rings. The summed E-state index contributed by atoms with van der Waals surface area (Å²) in [5.41, 5.74) is 0.609. The van der Waals surface area contributed by atoms with Gasteiger partial charge in [0.1, 0.15) is 17.2 Å². The number of hydrogen-bond acceptors (Lipinski definition) is 5. The van der Waals surface area contributed by atoms with E-state index in [0.717, 1.165) is 0 Å². The van der Waals surface area contributed by atoms with Gasteiger partial charge in [0.25, 0.3) is 5.69 Å². The molecular formula is C20H15NO5. The summed E-state index contributed by atoms with van der Waals surface area (Å²) in [6, 6.07) is 20.0. The van der Waals surface area contributed by atoms with Crippen LogP contribution in [0.2, 0.25) is 0 Å². The maximum absolute atomic E-state index is 12.2. The Balaban J connectivity index is 1.68. The molecule has 0 radical (unpaired) electrons. The Hall–Kier alpha value is -3.67. The molecule has 0 spiro atoms. The number of hydrogen-bond donors (Lipinski definition) is 0. The number of carbonyl (C=O) groups excluding carboxylic acids is 1. The molecule has 3 aromatic carbocycles. The van der Waals surface area contributed by atoms with Gasteiger partial charge in [0.15, 0.2) is 0 Å². The fourth-order valence-corrected chi connectivity index (χ4v) is 2.35. The lowest BCUT2D eigenvalue weighted by Crippen LogP contribution is -2.09. The van der Waals surface area contributed by atoms with E-state index in [-0.39, 0.29) is 11.3 Å². The van der Waals surface area contributed by atoms with Gasteiger partial charge in [0.05, 0.1) is 10.5 Å². The van der Waals surface area contributed by atoms with Crippen LogP contribution in [0.4, 0.5) is 5.69 Å². The Bertz CT molecular complexity index is 936. The van der Waals surface area contributed by atoms with E-state index in [9.17, 15) is 14.9 Å². The fraction of sp³-hybridized carbons (Fsp3) is 0.0500. The summed E-state index contributed by atoms with van der Waals surface area (Å²) in [6.07, 6.45) is 0. The first-order valence-electron chi connectivity index (χ1n) is 7.83. The van der Waals surface area contributed by atoms with Crippen LogP contribution in [0.25, 0.3) is 0 Å². The first kappa shape index (κ1) is 17.2. The molecule has 6 nitrogen and oxygen atoms in total. The minimum atomic E-state index is -0.584. The molecule has 0 aliphatic carbocycles. The van der Waals surface area contributed by atoms with Gasteiger partial charge >= 0.3 is 5.97 Å². The van der Waals surface area contributed by atoms with E-state index >= 15 is 0 Å². The van der Waals surface area contributed by atoms with Gasteiger partial charge in [-0.1, -0.05) is 18.2 Å². The molecule has 0 saturated heterocycles. The number of nitro benzene ring substituents is 1. The summed E-state index contributed by atoms with van der Waals surface area (Å²) in [7, 11) is 0. The molecule has 0 saturated carbocycles. The molecule has 0 bridgehead atoms. The zero-order valence-corrected chi connectivity index (χ0v) is 13.9. The third-order valence-corrected chi connectivity index (χ3v) is 3.64. The highest BCUT2D eigenvalue weighted by molar-refractivity contribution is 5.91. The van der Waals surface area contributed by atoms with Crippen molar-refractivity contribution in [2.75, 3.05) is 0 Å². The average Bonchev–Trinajstić information content (AvgIpc) is 2.64. The quantitative estimate of drug-likeness (QED) is 0.283. The van der Waals surface area contributed by atoms with Crippen LogP contribution in [-0.2, 0) is 0 Å². The molecule has 26 heavy (non-hydrogen) atoms. The summed E-state index contributed by atoms with van der Waals surface area (Å²) in [5.74, 6) is 1.09. The Labute approximate surface area is 149 Å². The molecule has 3 rings (SSSR count).